The molecule has 0 spiro atoms. The predicted octanol–water partition coefficient (Wildman–Crippen LogP) is 3.93. The molecule has 1 saturated heterocycles. The molecule has 0 saturated carbocycles. The number of hydrogen-bond donors (Lipinski definition) is 1. The van der Waals surface area contributed by atoms with Gasteiger partial charge in [0.2, 0.25) is 5.91 Å². The van der Waals surface area contributed by atoms with Crippen LogP contribution in [0.3, 0.4) is 0 Å². The minimum Gasteiger partial charge on any atom is -0.507 e. The number of hydrogen-bond acceptors (Lipinski definition) is 4. The third-order valence-corrected chi connectivity index (χ3v) is 4.30. The average Bonchev–Trinajstić information content (AvgIpc) is 3.08. The molecule has 0 aliphatic carbocycles. The van der Waals surface area contributed by atoms with Crippen LogP contribution in [0.2, 0.25) is 0 Å². The lowest BCUT2D eigenvalue weighted by Crippen LogP contribution is -2.23. The molecule has 1 aliphatic heterocycles. The Morgan fingerprint density at radius 3 is 2.69 bits per heavy atom. The summed E-state index contributed by atoms with van der Waals surface area (Å²) < 4.78 is 5.49. The van der Waals surface area contributed by atoms with Crippen LogP contribution >= 0.6 is 0 Å². The summed E-state index contributed by atoms with van der Waals surface area (Å²) in [7, 11) is 0. The molecule has 1 amide bonds. The maximum atomic E-state index is 11.8. The first-order chi connectivity index (χ1) is 12.7. The molecule has 3 rings (SSSR count). The molecule has 2 aromatic rings. The van der Waals surface area contributed by atoms with E-state index in [-0.39, 0.29) is 11.7 Å². The molecule has 0 bridgehead atoms. The Morgan fingerprint density at radius 1 is 1.23 bits per heavy atom. The van der Waals surface area contributed by atoms with Gasteiger partial charge >= 0.3 is 0 Å². The van der Waals surface area contributed by atoms with Crippen molar-refractivity contribution in [2.75, 3.05) is 18.1 Å². The van der Waals surface area contributed by atoms with E-state index >= 15 is 0 Å². The second kappa shape index (κ2) is 8.52. The number of amides is 1. The number of phenolic OH excluding ortho intramolecular Hbond substituents is 1. The second-order valence-electron chi connectivity index (χ2n) is 6.35. The van der Waals surface area contributed by atoms with Crippen LogP contribution in [0.4, 0.5) is 5.69 Å². The summed E-state index contributed by atoms with van der Waals surface area (Å²) in [5.74, 6) is 1.01. The van der Waals surface area contributed by atoms with Crippen LogP contribution in [0.5, 0.6) is 11.5 Å². The van der Waals surface area contributed by atoms with E-state index in [0.29, 0.717) is 30.9 Å². The van der Waals surface area contributed by atoms with E-state index in [1.807, 2.05) is 42.2 Å². The maximum absolute atomic E-state index is 11.8. The van der Waals surface area contributed by atoms with Crippen LogP contribution in [-0.2, 0) is 11.3 Å². The topological polar surface area (TPSA) is 62.1 Å². The zero-order chi connectivity index (χ0) is 18.4. The third kappa shape index (κ3) is 4.42. The predicted molar refractivity (Wildman–Crippen MR) is 103 cm³/mol. The van der Waals surface area contributed by atoms with Gasteiger partial charge < -0.3 is 14.7 Å². The Kier molecular flexibility index (Phi) is 5.89. The van der Waals surface area contributed by atoms with Gasteiger partial charge in [-0.1, -0.05) is 19.1 Å². The number of carbonyl (C=O) groups is 1. The van der Waals surface area contributed by atoms with E-state index in [4.69, 9.17) is 4.74 Å². The highest BCUT2D eigenvalue weighted by molar-refractivity contribution is 5.95. The Balaban J connectivity index is 1.59. The van der Waals surface area contributed by atoms with Crippen molar-refractivity contribution in [3.05, 3.63) is 53.6 Å². The number of aliphatic imine (C=N–C) groups is 1. The number of anilines is 1. The highest BCUT2D eigenvalue weighted by Crippen LogP contribution is 2.23. The fourth-order valence-corrected chi connectivity index (χ4v) is 2.89. The summed E-state index contributed by atoms with van der Waals surface area (Å²) in [6.07, 6.45) is 4.15. The van der Waals surface area contributed by atoms with Gasteiger partial charge in [-0.3, -0.25) is 9.79 Å². The molecule has 1 heterocycles. The summed E-state index contributed by atoms with van der Waals surface area (Å²) in [4.78, 5) is 18.0. The second-order valence-corrected chi connectivity index (χ2v) is 6.35. The smallest absolute Gasteiger partial charge is 0.227 e. The van der Waals surface area contributed by atoms with E-state index in [2.05, 4.69) is 4.99 Å². The zero-order valence-electron chi connectivity index (χ0n) is 15.0. The van der Waals surface area contributed by atoms with E-state index in [1.54, 1.807) is 18.3 Å². The van der Waals surface area contributed by atoms with Gasteiger partial charge in [-0.05, 0) is 42.7 Å². The Labute approximate surface area is 153 Å². The number of nitrogens with zero attached hydrogens (tertiary/aromatic N) is 2. The van der Waals surface area contributed by atoms with Crippen molar-refractivity contribution in [3.63, 3.8) is 0 Å². The van der Waals surface area contributed by atoms with Crippen LogP contribution in [0.15, 0.2) is 47.5 Å². The van der Waals surface area contributed by atoms with Crippen LogP contribution in [0.25, 0.3) is 0 Å². The normalized spacial score (nSPS) is 14.3. The molecule has 2 aromatic carbocycles. The number of phenols is 1. The molecule has 5 heteroatoms. The highest BCUT2D eigenvalue weighted by atomic mass is 16.5. The summed E-state index contributed by atoms with van der Waals surface area (Å²) in [6.45, 7) is 3.98. The molecular weight excluding hydrogens is 328 g/mol. The number of benzene rings is 2. The van der Waals surface area contributed by atoms with Crippen molar-refractivity contribution >= 4 is 17.8 Å². The lowest BCUT2D eigenvalue weighted by atomic mass is 10.2. The van der Waals surface area contributed by atoms with Gasteiger partial charge in [0.05, 0.1) is 13.2 Å². The number of aromatic hydroxyl groups is 1. The molecule has 0 unspecified atom stereocenters. The van der Waals surface area contributed by atoms with Gasteiger partial charge in [0.25, 0.3) is 0 Å². The van der Waals surface area contributed by atoms with Crippen LogP contribution in [-0.4, -0.2) is 30.4 Å². The standard InChI is InChI=1S/C21H24N2O3/c1-2-12-26-19-10-7-17(20(24)13-19)15-22-14-16-5-8-18(9-6-16)23-11-3-4-21(23)25/h5-10,13,15,24H,2-4,11-12,14H2,1H3. The van der Waals surface area contributed by atoms with E-state index in [0.717, 1.165) is 30.6 Å². The minimum atomic E-state index is 0.158. The first-order valence-corrected chi connectivity index (χ1v) is 9.02. The molecule has 0 radical (unpaired) electrons. The summed E-state index contributed by atoms with van der Waals surface area (Å²) >= 11 is 0. The van der Waals surface area contributed by atoms with Gasteiger partial charge in [-0.2, -0.15) is 0 Å². The van der Waals surface area contributed by atoms with Gasteiger partial charge in [-0.25, -0.2) is 0 Å². The first kappa shape index (κ1) is 18.0. The quantitative estimate of drug-likeness (QED) is 0.768. The van der Waals surface area contributed by atoms with Crippen molar-refractivity contribution < 1.29 is 14.6 Å². The highest BCUT2D eigenvalue weighted by Gasteiger charge is 2.21. The van der Waals surface area contributed by atoms with E-state index in [1.165, 1.54) is 0 Å². The van der Waals surface area contributed by atoms with Crippen LogP contribution < -0.4 is 9.64 Å². The lowest BCUT2D eigenvalue weighted by Gasteiger charge is -2.15. The van der Waals surface area contributed by atoms with Crippen molar-refractivity contribution in [1.82, 2.24) is 0 Å². The zero-order valence-corrected chi connectivity index (χ0v) is 15.0. The number of ether oxygens (including phenoxy) is 1. The molecule has 0 atom stereocenters. The average molecular weight is 352 g/mol. The Hall–Kier alpha value is -2.82. The third-order valence-electron chi connectivity index (χ3n) is 4.30. The summed E-state index contributed by atoms with van der Waals surface area (Å²) in [5.41, 5.74) is 2.66. The largest absolute Gasteiger partial charge is 0.507 e. The van der Waals surface area contributed by atoms with Crippen molar-refractivity contribution in [1.29, 1.82) is 0 Å². The fourth-order valence-electron chi connectivity index (χ4n) is 2.89. The molecule has 1 aliphatic rings. The molecule has 1 fully saturated rings. The maximum Gasteiger partial charge on any atom is 0.227 e. The van der Waals surface area contributed by atoms with E-state index < -0.39 is 0 Å². The number of carbonyl (C=O) groups excluding carboxylic acids is 1. The fraction of sp³-hybridized carbons (Fsp3) is 0.333. The van der Waals surface area contributed by atoms with E-state index in [9.17, 15) is 9.90 Å². The summed E-state index contributed by atoms with van der Waals surface area (Å²) in [5, 5.41) is 10.1. The molecule has 26 heavy (non-hydrogen) atoms. The Bertz CT molecular complexity index is 784. The van der Waals surface area contributed by atoms with Gasteiger partial charge in [0.1, 0.15) is 11.5 Å². The molecule has 136 valence electrons. The monoisotopic (exact) mass is 352 g/mol. The van der Waals surface area contributed by atoms with Gasteiger partial charge in [0, 0.05) is 36.5 Å². The van der Waals surface area contributed by atoms with Crippen LogP contribution in [0.1, 0.15) is 37.3 Å². The lowest BCUT2D eigenvalue weighted by molar-refractivity contribution is -0.117. The van der Waals surface area contributed by atoms with Crippen LogP contribution in [0, 0.1) is 0 Å². The Morgan fingerprint density at radius 2 is 2.04 bits per heavy atom. The summed E-state index contributed by atoms with van der Waals surface area (Å²) in [6, 6.07) is 13.1. The number of rotatable bonds is 7. The van der Waals surface area contributed by atoms with Crippen molar-refractivity contribution in [2.45, 2.75) is 32.7 Å². The van der Waals surface area contributed by atoms with Gasteiger partial charge in [0.15, 0.2) is 0 Å². The SMILES string of the molecule is CCCOc1ccc(C=NCc2ccc(N3CCCC3=O)cc2)c(O)c1. The first-order valence-electron chi connectivity index (χ1n) is 9.02. The molecule has 1 N–H and O–H groups in total. The molecular formula is C21H24N2O3. The van der Waals surface area contributed by atoms with Gasteiger partial charge in [-0.15, -0.1) is 0 Å². The van der Waals surface area contributed by atoms with Crippen molar-refractivity contribution in [2.24, 2.45) is 4.99 Å². The molecule has 5 nitrogen and oxygen atoms in total. The van der Waals surface area contributed by atoms with Crippen molar-refractivity contribution in [3.8, 4) is 11.5 Å². The minimum absolute atomic E-state index is 0.158. The molecule has 0 aromatic heterocycles.